The van der Waals surface area contributed by atoms with Gasteiger partial charge < -0.3 is 0 Å². The molecular weight excluding hydrogens is 260 g/mol. The molecule has 0 aromatic heterocycles. The molecular formula is C11H11BrOS. The van der Waals surface area contributed by atoms with Gasteiger partial charge in [-0.2, -0.15) is 0 Å². The van der Waals surface area contributed by atoms with Gasteiger partial charge in [0.2, 0.25) is 0 Å². The summed E-state index contributed by atoms with van der Waals surface area (Å²) in [6.07, 6.45) is 0. The van der Waals surface area contributed by atoms with Crippen LogP contribution in [-0.2, 0) is 5.75 Å². The van der Waals surface area contributed by atoms with E-state index in [-0.39, 0.29) is 10.5 Å². The van der Waals surface area contributed by atoms with Gasteiger partial charge in [0.1, 0.15) is 0 Å². The smallest absolute Gasteiger partial charge is 0.178 e. The van der Waals surface area contributed by atoms with E-state index in [9.17, 15) is 4.79 Å². The predicted octanol–water partition coefficient (Wildman–Crippen LogP) is 3.66. The van der Waals surface area contributed by atoms with Gasteiger partial charge in [0.15, 0.2) is 5.78 Å². The van der Waals surface area contributed by atoms with E-state index in [2.05, 4.69) is 15.9 Å². The van der Waals surface area contributed by atoms with Gasteiger partial charge in [-0.15, -0.1) is 11.8 Å². The molecule has 74 valence electrons. The van der Waals surface area contributed by atoms with E-state index in [1.165, 1.54) is 0 Å². The fraction of sp³-hybridized carbons (Fsp3) is 0.364. The maximum Gasteiger partial charge on any atom is 0.178 e. The highest BCUT2D eigenvalue weighted by molar-refractivity contribution is 9.10. The molecule has 0 bridgehead atoms. The number of halogens is 1. The fourth-order valence-electron chi connectivity index (χ4n) is 1.56. The van der Waals surface area contributed by atoms with E-state index < -0.39 is 0 Å². The molecule has 1 aliphatic heterocycles. The third-order valence-corrected chi connectivity index (χ3v) is 4.57. The summed E-state index contributed by atoms with van der Waals surface area (Å²) in [5, 5.41) is 0. The van der Waals surface area contributed by atoms with Crippen LogP contribution < -0.4 is 0 Å². The summed E-state index contributed by atoms with van der Waals surface area (Å²) in [5.74, 6) is 1.15. The topological polar surface area (TPSA) is 17.1 Å². The van der Waals surface area contributed by atoms with Crippen LogP contribution in [0.2, 0.25) is 0 Å². The van der Waals surface area contributed by atoms with Gasteiger partial charge in [0.05, 0.1) is 4.75 Å². The van der Waals surface area contributed by atoms with E-state index >= 15 is 0 Å². The minimum atomic E-state index is -0.270. The van der Waals surface area contributed by atoms with Crippen molar-refractivity contribution in [3.63, 3.8) is 0 Å². The van der Waals surface area contributed by atoms with Crippen molar-refractivity contribution in [2.24, 2.45) is 0 Å². The van der Waals surface area contributed by atoms with Gasteiger partial charge in [0, 0.05) is 15.8 Å². The van der Waals surface area contributed by atoms with Crippen molar-refractivity contribution >= 4 is 33.5 Å². The summed E-state index contributed by atoms with van der Waals surface area (Å²) in [4.78, 5) is 12.0. The lowest BCUT2D eigenvalue weighted by atomic mass is 9.96. The fourth-order valence-corrected chi connectivity index (χ4v) is 3.31. The zero-order chi connectivity index (χ0) is 10.3. The van der Waals surface area contributed by atoms with Crippen LogP contribution in [0.4, 0.5) is 0 Å². The lowest BCUT2D eigenvalue weighted by Crippen LogP contribution is -2.32. The van der Waals surface area contributed by atoms with Crippen LogP contribution in [0.25, 0.3) is 0 Å². The Morgan fingerprint density at radius 2 is 2.14 bits per heavy atom. The Balaban J connectivity index is 2.57. The first-order chi connectivity index (χ1) is 6.52. The van der Waals surface area contributed by atoms with Crippen LogP contribution in [0.5, 0.6) is 0 Å². The molecule has 0 unspecified atom stereocenters. The number of carbonyl (C=O) groups excluding carboxylic acids is 1. The standard InChI is InChI=1S/C11H11BrOS/c1-11(2)10(13)7-4-3-5-9(12)8(7)6-14-11/h3-5H,6H2,1-2H3. The molecule has 0 saturated heterocycles. The van der Waals surface area contributed by atoms with Gasteiger partial charge in [0.25, 0.3) is 0 Å². The molecule has 1 aliphatic rings. The van der Waals surface area contributed by atoms with Crippen molar-refractivity contribution in [3.8, 4) is 0 Å². The Hall–Kier alpha value is -0.280. The second-order valence-electron chi connectivity index (χ2n) is 3.89. The van der Waals surface area contributed by atoms with Gasteiger partial charge in [-0.25, -0.2) is 0 Å². The number of carbonyl (C=O) groups is 1. The van der Waals surface area contributed by atoms with Gasteiger partial charge in [-0.05, 0) is 25.5 Å². The zero-order valence-electron chi connectivity index (χ0n) is 8.13. The summed E-state index contributed by atoms with van der Waals surface area (Å²) in [7, 11) is 0. The first-order valence-corrected chi connectivity index (χ1v) is 6.26. The number of benzene rings is 1. The normalized spacial score (nSPS) is 19.2. The maximum absolute atomic E-state index is 12.0. The number of hydrogen-bond acceptors (Lipinski definition) is 2. The van der Waals surface area contributed by atoms with Crippen LogP contribution in [-0.4, -0.2) is 10.5 Å². The van der Waals surface area contributed by atoms with Crippen LogP contribution in [0, 0.1) is 0 Å². The van der Waals surface area contributed by atoms with E-state index in [1.54, 1.807) is 11.8 Å². The van der Waals surface area contributed by atoms with E-state index in [1.807, 2.05) is 32.0 Å². The second-order valence-corrected chi connectivity index (χ2v) is 6.35. The van der Waals surface area contributed by atoms with Crippen LogP contribution in [0.1, 0.15) is 29.8 Å². The number of ketones is 1. The monoisotopic (exact) mass is 270 g/mol. The predicted molar refractivity (Wildman–Crippen MR) is 63.8 cm³/mol. The molecule has 0 spiro atoms. The van der Waals surface area contributed by atoms with Crippen molar-refractivity contribution in [2.75, 3.05) is 0 Å². The first kappa shape index (κ1) is 10.2. The van der Waals surface area contributed by atoms with E-state index in [0.29, 0.717) is 0 Å². The first-order valence-electron chi connectivity index (χ1n) is 4.48. The number of Topliss-reactive ketones (excluding diaryl/α,β-unsaturated/α-hetero) is 1. The summed E-state index contributed by atoms with van der Waals surface area (Å²) in [6.45, 7) is 3.98. The Kier molecular flexibility index (Phi) is 2.48. The minimum absolute atomic E-state index is 0.241. The molecule has 1 nitrogen and oxygen atoms in total. The Morgan fingerprint density at radius 1 is 1.43 bits per heavy atom. The lowest BCUT2D eigenvalue weighted by molar-refractivity contribution is 0.0955. The van der Waals surface area contributed by atoms with Crippen LogP contribution in [0.3, 0.4) is 0 Å². The minimum Gasteiger partial charge on any atom is -0.293 e. The number of rotatable bonds is 0. The van der Waals surface area contributed by atoms with Crippen molar-refractivity contribution in [1.82, 2.24) is 0 Å². The Morgan fingerprint density at radius 3 is 2.86 bits per heavy atom. The Bertz CT molecular complexity index is 398. The highest BCUT2D eigenvalue weighted by Gasteiger charge is 2.35. The molecule has 1 aromatic carbocycles. The number of hydrogen-bond donors (Lipinski definition) is 0. The van der Waals surface area contributed by atoms with Crippen molar-refractivity contribution < 1.29 is 4.79 Å². The number of fused-ring (bicyclic) bond motifs is 1. The molecule has 14 heavy (non-hydrogen) atoms. The second kappa shape index (κ2) is 3.38. The SMILES string of the molecule is CC1(C)SCc2c(Br)cccc2C1=O. The third-order valence-electron chi connectivity index (χ3n) is 2.49. The van der Waals surface area contributed by atoms with E-state index in [4.69, 9.17) is 0 Å². The lowest BCUT2D eigenvalue weighted by Gasteiger charge is -2.29. The van der Waals surface area contributed by atoms with Gasteiger partial charge in [-0.1, -0.05) is 28.1 Å². The van der Waals surface area contributed by atoms with Crippen molar-refractivity contribution in [2.45, 2.75) is 24.3 Å². The van der Waals surface area contributed by atoms with Crippen LogP contribution >= 0.6 is 27.7 Å². The molecule has 3 heteroatoms. The largest absolute Gasteiger partial charge is 0.293 e. The molecule has 0 amide bonds. The molecule has 0 N–H and O–H groups in total. The quantitative estimate of drug-likeness (QED) is 0.716. The van der Waals surface area contributed by atoms with Crippen LogP contribution in [0.15, 0.2) is 22.7 Å². The van der Waals surface area contributed by atoms with Gasteiger partial charge in [-0.3, -0.25) is 4.79 Å². The molecule has 0 radical (unpaired) electrons. The van der Waals surface area contributed by atoms with Gasteiger partial charge >= 0.3 is 0 Å². The zero-order valence-corrected chi connectivity index (χ0v) is 10.5. The highest BCUT2D eigenvalue weighted by atomic mass is 79.9. The molecule has 1 aromatic rings. The average molecular weight is 271 g/mol. The highest BCUT2D eigenvalue weighted by Crippen LogP contribution is 2.40. The summed E-state index contributed by atoms with van der Waals surface area (Å²) in [6, 6.07) is 5.84. The van der Waals surface area contributed by atoms with Crippen molar-refractivity contribution in [1.29, 1.82) is 0 Å². The summed E-state index contributed by atoms with van der Waals surface area (Å²) in [5.41, 5.74) is 2.02. The van der Waals surface area contributed by atoms with Crippen molar-refractivity contribution in [3.05, 3.63) is 33.8 Å². The number of thioether (sulfide) groups is 1. The molecule has 2 rings (SSSR count). The maximum atomic E-state index is 12.0. The van der Waals surface area contributed by atoms with E-state index in [0.717, 1.165) is 21.4 Å². The Labute approximate surface area is 96.4 Å². The summed E-state index contributed by atoms with van der Waals surface area (Å²) >= 11 is 5.19. The third kappa shape index (κ3) is 1.52. The molecule has 0 saturated carbocycles. The molecule has 0 aliphatic carbocycles. The molecule has 0 atom stereocenters. The molecule has 0 fully saturated rings. The summed E-state index contributed by atoms with van der Waals surface area (Å²) < 4.78 is 0.778. The molecule has 1 heterocycles. The average Bonchev–Trinajstić information content (AvgIpc) is 2.13.